The summed E-state index contributed by atoms with van der Waals surface area (Å²) in [4.78, 5) is 0. The summed E-state index contributed by atoms with van der Waals surface area (Å²) in [5.41, 5.74) is 0.844. The topological polar surface area (TPSA) is 40.7 Å². The van der Waals surface area contributed by atoms with Crippen molar-refractivity contribution in [2.24, 2.45) is 0 Å². The van der Waals surface area contributed by atoms with Crippen LogP contribution < -0.4 is 5.32 Å². The van der Waals surface area contributed by atoms with E-state index in [-0.39, 0.29) is 5.52 Å². The molecule has 0 spiro atoms. The lowest BCUT2D eigenvalue weighted by atomic mass is 10.2. The number of H-pyrrole nitrogens is 1. The molecule has 0 unspecified atom stereocenters. The van der Waals surface area contributed by atoms with Crippen molar-refractivity contribution < 1.29 is 8.78 Å². The number of anilines is 2. The number of hydrogen-bond acceptors (Lipinski definition) is 2. The number of nitrogens with zero attached hydrogens (tertiary/aromatic N) is 1. The molecule has 0 bridgehead atoms. The summed E-state index contributed by atoms with van der Waals surface area (Å²) in [6.45, 7) is 0. The fourth-order valence-corrected chi connectivity index (χ4v) is 2.03. The zero-order chi connectivity index (χ0) is 13.4. The molecule has 0 aliphatic rings. The number of benzene rings is 2. The van der Waals surface area contributed by atoms with Crippen LogP contribution >= 0.6 is 11.6 Å². The number of fused-ring (bicyclic) bond motifs is 1. The van der Waals surface area contributed by atoms with Crippen LogP contribution in [0.4, 0.5) is 20.3 Å². The highest BCUT2D eigenvalue weighted by Crippen LogP contribution is 2.27. The maximum absolute atomic E-state index is 13.5. The maximum Gasteiger partial charge on any atom is 0.160 e. The lowest BCUT2D eigenvalue weighted by molar-refractivity contribution is 0.590. The number of aromatic nitrogens is 2. The van der Waals surface area contributed by atoms with Crippen LogP contribution in [0.3, 0.4) is 0 Å². The van der Waals surface area contributed by atoms with Gasteiger partial charge in [0.05, 0.1) is 0 Å². The van der Waals surface area contributed by atoms with Crippen molar-refractivity contribution in [3.63, 3.8) is 0 Å². The van der Waals surface area contributed by atoms with E-state index in [2.05, 4.69) is 15.5 Å². The summed E-state index contributed by atoms with van der Waals surface area (Å²) >= 11 is 5.87. The lowest BCUT2D eigenvalue weighted by Gasteiger charge is -2.03. The number of halogens is 3. The van der Waals surface area contributed by atoms with Crippen molar-refractivity contribution in [3.8, 4) is 0 Å². The minimum atomic E-state index is -0.679. The number of aromatic amines is 1. The Hall–Kier alpha value is -2.14. The van der Waals surface area contributed by atoms with Crippen molar-refractivity contribution in [2.45, 2.75) is 0 Å². The van der Waals surface area contributed by atoms with Gasteiger partial charge in [-0.05, 0) is 24.3 Å². The van der Waals surface area contributed by atoms with E-state index in [1.165, 1.54) is 6.07 Å². The number of rotatable bonds is 2. The first-order chi connectivity index (χ1) is 9.13. The van der Waals surface area contributed by atoms with E-state index < -0.39 is 11.6 Å². The molecule has 0 fully saturated rings. The quantitative estimate of drug-likeness (QED) is 0.737. The molecule has 0 atom stereocenters. The molecular weight excluding hydrogens is 272 g/mol. The van der Waals surface area contributed by atoms with E-state index in [4.69, 9.17) is 11.6 Å². The largest absolute Gasteiger partial charge is 0.338 e. The molecule has 3 nitrogen and oxygen atoms in total. The van der Waals surface area contributed by atoms with E-state index in [0.29, 0.717) is 21.9 Å². The Morgan fingerprint density at radius 3 is 2.79 bits per heavy atom. The Morgan fingerprint density at radius 2 is 2.00 bits per heavy atom. The first kappa shape index (κ1) is 11.9. The van der Waals surface area contributed by atoms with Crippen molar-refractivity contribution in [2.75, 3.05) is 5.32 Å². The SMILES string of the molecule is Fc1cc(F)c2[nH]nc(Nc3cccc(Cl)c3)c2c1. The third-order valence-electron chi connectivity index (χ3n) is 2.68. The highest BCUT2D eigenvalue weighted by atomic mass is 35.5. The lowest BCUT2D eigenvalue weighted by Crippen LogP contribution is -1.91. The standard InChI is InChI=1S/C13H8ClF2N3/c14-7-2-1-3-9(4-7)17-13-10-5-8(15)6-11(16)12(10)18-19-13/h1-6H,(H2,17,18,19). The first-order valence-corrected chi connectivity index (χ1v) is 5.87. The molecule has 0 aliphatic heterocycles. The van der Waals surface area contributed by atoms with Gasteiger partial charge in [-0.3, -0.25) is 5.10 Å². The van der Waals surface area contributed by atoms with Gasteiger partial charge in [-0.1, -0.05) is 17.7 Å². The second-order valence-electron chi connectivity index (χ2n) is 4.02. The average Bonchev–Trinajstić information content (AvgIpc) is 2.73. The van der Waals surface area contributed by atoms with E-state index in [9.17, 15) is 8.78 Å². The third kappa shape index (κ3) is 2.24. The van der Waals surface area contributed by atoms with Gasteiger partial charge in [0.1, 0.15) is 11.3 Å². The Kier molecular flexibility index (Phi) is 2.83. The molecule has 0 saturated heterocycles. The minimum absolute atomic E-state index is 0.158. The molecule has 0 amide bonds. The molecule has 96 valence electrons. The fourth-order valence-electron chi connectivity index (χ4n) is 1.84. The van der Waals surface area contributed by atoms with Gasteiger partial charge in [-0.2, -0.15) is 5.10 Å². The van der Waals surface area contributed by atoms with Crippen molar-refractivity contribution in [3.05, 3.63) is 53.1 Å². The van der Waals surface area contributed by atoms with Crippen LogP contribution in [0.25, 0.3) is 10.9 Å². The molecule has 2 aromatic carbocycles. The summed E-state index contributed by atoms with van der Waals surface area (Å²) in [5, 5.41) is 10.3. The third-order valence-corrected chi connectivity index (χ3v) is 2.91. The van der Waals surface area contributed by atoms with Gasteiger partial charge in [-0.15, -0.1) is 0 Å². The van der Waals surface area contributed by atoms with E-state index in [1.807, 2.05) is 0 Å². The maximum atomic E-state index is 13.5. The Balaban J connectivity index is 2.06. The van der Waals surface area contributed by atoms with Gasteiger partial charge in [0.15, 0.2) is 11.6 Å². The van der Waals surface area contributed by atoms with Crippen LogP contribution in [0.5, 0.6) is 0 Å². The summed E-state index contributed by atoms with van der Waals surface area (Å²) in [6, 6.07) is 8.99. The van der Waals surface area contributed by atoms with Gasteiger partial charge in [0, 0.05) is 22.2 Å². The highest BCUT2D eigenvalue weighted by Gasteiger charge is 2.11. The Bertz CT molecular complexity index is 755. The zero-order valence-electron chi connectivity index (χ0n) is 9.55. The second kappa shape index (κ2) is 4.51. The minimum Gasteiger partial charge on any atom is -0.338 e. The van der Waals surface area contributed by atoms with E-state index in [1.54, 1.807) is 24.3 Å². The second-order valence-corrected chi connectivity index (χ2v) is 4.45. The van der Waals surface area contributed by atoms with Gasteiger partial charge in [-0.25, -0.2) is 8.78 Å². The molecule has 0 radical (unpaired) electrons. The molecule has 3 rings (SSSR count). The fraction of sp³-hybridized carbons (Fsp3) is 0. The molecule has 0 saturated carbocycles. The molecule has 19 heavy (non-hydrogen) atoms. The Morgan fingerprint density at radius 1 is 1.16 bits per heavy atom. The predicted octanol–water partition coefficient (Wildman–Crippen LogP) is 4.24. The summed E-state index contributed by atoms with van der Waals surface area (Å²) in [6.07, 6.45) is 0. The molecule has 2 N–H and O–H groups in total. The monoisotopic (exact) mass is 279 g/mol. The zero-order valence-corrected chi connectivity index (χ0v) is 10.3. The number of nitrogens with one attached hydrogen (secondary N) is 2. The summed E-state index contributed by atoms with van der Waals surface area (Å²) in [5.74, 6) is -0.988. The number of hydrogen-bond donors (Lipinski definition) is 2. The highest BCUT2D eigenvalue weighted by molar-refractivity contribution is 6.30. The van der Waals surface area contributed by atoms with Crippen LogP contribution in [-0.4, -0.2) is 10.2 Å². The summed E-state index contributed by atoms with van der Waals surface area (Å²) in [7, 11) is 0. The van der Waals surface area contributed by atoms with Crippen LogP contribution in [-0.2, 0) is 0 Å². The van der Waals surface area contributed by atoms with Crippen molar-refractivity contribution in [1.82, 2.24) is 10.2 Å². The molecule has 1 aromatic heterocycles. The van der Waals surface area contributed by atoms with Crippen molar-refractivity contribution in [1.29, 1.82) is 0 Å². The van der Waals surface area contributed by atoms with E-state index >= 15 is 0 Å². The van der Waals surface area contributed by atoms with Crippen molar-refractivity contribution >= 4 is 34.0 Å². The predicted molar refractivity (Wildman–Crippen MR) is 70.7 cm³/mol. The normalized spacial score (nSPS) is 10.9. The van der Waals surface area contributed by atoms with Crippen LogP contribution in [0.15, 0.2) is 36.4 Å². The Labute approximate surface area is 112 Å². The molecule has 3 aromatic rings. The molecule has 6 heteroatoms. The molecule has 0 aliphatic carbocycles. The van der Waals surface area contributed by atoms with E-state index in [0.717, 1.165) is 6.07 Å². The first-order valence-electron chi connectivity index (χ1n) is 5.49. The van der Waals surface area contributed by atoms with Gasteiger partial charge < -0.3 is 5.32 Å². The van der Waals surface area contributed by atoms with Crippen LogP contribution in [0.2, 0.25) is 5.02 Å². The molecule has 1 heterocycles. The smallest absolute Gasteiger partial charge is 0.160 e. The average molecular weight is 280 g/mol. The van der Waals surface area contributed by atoms with Gasteiger partial charge in [0.2, 0.25) is 0 Å². The summed E-state index contributed by atoms with van der Waals surface area (Å²) < 4.78 is 26.7. The van der Waals surface area contributed by atoms with Crippen LogP contribution in [0, 0.1) is 11.6 Å². The molecular formula is C13H8ClF2N3. The van der Waals surface area contributed by atoms with Gasteiger partial charge >= 0.3 is 0 Å². The van der Waals surface area contributed by atoms with Gasteiger partial charge in [0.25, 0.3) is 0 Å². The van der Waals surface area contributed by atoms with Crippen LogP contribution in [0.1, 0.15) is 0 Å².